The lowest BCUT2D eigenvalue weighted by atomic mass is 10.1. The smallest absolute Gasteiger partial charge is 0.254 e. The summed E-state index contributed by atoms with van der Waals surface area (Å²) in [4.78, 5) is 20.7. The van der Waals surface area contributed by atoms with E-state index >= 15 is 0 Å². The molecule has 168 valence electrons. The third-order valence-corrected chi connectivity index (χ3v) is 5.87. The zero-order valence-electron chi connectivity index (χ0n) is 18.1. The molecule has 0 aliphatic carbocycles. The van der Waals surface area contributed by atoms with Crippen LogP contribution in [0.2, 0.25) is 0 Å². The van der Waals surface area contributed by atoms with Gasteiger partial charge in [0.15, 0.2) is 0 Å². The van der Waals surface area contributed by atoms with Gasteiger partial charge in [-0.25, -0.2) is 18.4 Å². The molecule has 4 N–H and O–H groups in total. The predicted octanol–water partition coefficient (Wildman–Crippen LogP) is 2.78. The Balaban J connectivity index is 2.02. The van der Waals surface area contributed by atoms with Crippen molar-refractivity contribution in [2.24, 2.45) is 5.73 Å². The highest BCUT2D eigenvalue weighted by Gasteiger charge is 2.20. The number of ether oxygens (including phenoxy) is 1. The number of nitrogens with two attached hydrogens (primary N) is 1. The Labute approximate surface area is 186 Å². The summed E-state index contributed by atoms with van der Waals surface area (Å²) in [6.45, 7) is 1.86. The average Bonchev–Trinajstić information content (AvgIpc) is 2.74. The number of pyridine rings is 2. The van der Waals surface area contributed by atoms with E-state index < -0.39 is 15.9 Å². The van der Waals surface area contributed by atoms with Gasteiger partial charge in [0.2, 0.25) is 10.0 Å². The predicted molar refractivity (Wildman–Crippen MR) is 125 cm³/mol. The van der Waals surface area contributed by atoms with E-state index in [1.807, 2.05) is 13.0 Å². The van der Waals surface area contributed by atoms with Gasteiger partial charge in [0, 0.05) is 13.2 Å². The quantitative estimate of drug-likeness (QED) is 0.470. The number of hydrogen-bond acceptors (Lipinski definition) is 8. The van der Waals surface area contributed by atoms with Gasteiger partial charge in [-0.15, -0.1) is 0 Å². The fourth-order valence-corrected chi connectivity index (χ4v) is 3.45. The molecule has 1 aromatic carbocycles. The number of anilines is 5. The number of amides is 1. The Morgan fingerprint density at radius 3 is 2.44 bits per heavy atom. The zero-order chi connectivity index (χ0) is 23.5. The second-order valence-electron chi connectivity index (χ2n) is 7.03. The largest absolute Gasteiger partial charge is 0.495 e. The number of primary amides is 1. The molecule has 0 bridgehead atoms. The molecule has 1 amide bonds. The Morgan fingerprint density at radius 1 is 1.09 bits per heavy atom. The van der Waals surface area contributed by atoms with Crippen molar-refractivity contribution in [1.82, 2.24) is 9.97 Å². The van der Waals surface area contributed by atoms with E-state index in [0.717, 1.165) is 16.1 Å². The number of aryl methyl sites for hydroxylation is 1. The number of rotatable bonds is 8. The molecule has 0 aliphatic rings. The minimum absolute atomic E-state index is 0.0960. The molecule has 0 spiro atoms. The van der Waals surface area contributed by atoms with Crippen LogP contribution in [0.5, 0.6) is 5.75 Å². The van der Waals surface area contributed by atoms with Crippen LogP contribution < -0.4 is 25.4 Å². The molecule has 2 aromatic heterocycles. The minimum atomic E-state index is -3.51. The van der Waals surface area contributed by atoms with Gasteiger partial charge in [-0.05, 0) is 42.8 Å². The molecule has 11 heteroatoms. The van der Waals surface area contributed by atoms with Crippen LogP contribution in [0, 0.1) is 6.92 Å². The van der Waals surface area contributed by atoms with Gasteiger partial charge in [0.1, 0.15) is 22.9 Å². The lowest BCUT2D eigenvalue weighted by molar-refractivity contribution is 0.100. The van der Waals surface area contributed by atoms with Crippen LogP contribution in [0.1, 0.15) is 15.9 Å². The minimum Gasteiger partial charge on any atom is -0.495 e. The van der Waals surface area contributed by atoms with Crippen molar-refractivity contribution in [2.45, 2.75) is 6.92 Å². The van der Waals surface area contributed by atoms with Gasteiger partial charge in [-0.2, -0.15) is 0 Å². The number of aromatic nitrogens is 2. The number of benzene rings is 1. The molecule has 0 unspecified atom stereocenters. The molecular weight excluding hydrogens is 432 g/mol. The molecule has 32 heavy (non-hydrogen) atoms. The van der Waals surface area contributed by atoms with Crippen LogP contribution in [0.25, 0.3) is 0 Å². The van der Waals surface area contributed by atoms with Crippen LogP contribution in [-0.4, -0.2) is 44.7 Å². The van der Waals surface area contributed by atoms with Crippen LogP contribution in [-0.2, 0) is 10.0 Å². The standard InChI is InChI=1S/C21H24N6O4S/c1-13-5-7-15(17(11-13)27(2)32(4,29)30)25-16-9-10-23-21(19(16)20(22)28)26-18-8-6-14(31-3)12-24-18/h5-12H,1-4H3,(H2,22,28)(H2,23,24,25,26). The number of nitrogens with zero attached hydrogens (tertiary/aromatic N) is 3. The van der Waals surface area contributed by atoms with Gasteiger partial charge in [-0.3, -0.25) is 9.10 Å². The van der Waals surface area contributed by atoms with Crippen molar-refractivity contribution < 1.29 is 17.9 Å². The summed E-state index contributed by atoms with van der Waals surface area (Å²) in [6.07, 6.45) is 4.13. The summed E-state index contributed by atoms with van der Waals surface area (Å²) >= 11 is 0. The third-order valence-electron chi connectivity index (χ3n) is 4.68. The first kappa shape index (κ1) is 22.8. The summed E-state index contributed by atoms with van der Waals surface area (Å²) in [6, 6.07) is 10.3. The molecule has 0 saturated heterocycles. The molecule has 0 atom stereocenters. The van der Waals surface area contributed by atoms with Crippen LogP contribution in [0.15, 0.2) is 48.8 Å². The number of carbonyl (C=O) groups is 1. The van der Waals surface area contributed by atoms with E-state index in [1.165, 1.54) is 26.6 Å². The maximum atomic E-state index is 12.3. The summed E-state index contributed by atoms with van der Waals surface area (Å²) in [5.74, 6) is 0.494. The van der Waals surface area contributed by atoms with Gasteiger partial charge in [0.25, 0.3) is 5.91 Å². The summed E-state index contributed by atoms with van der Waals surface area (Å²) in [7, 11) is -0.518. The van der Waals surface area contributed by atoms with Crippen LogP contribution in [0.4, 0.5) is 28.7 Å². The van der Waals surface area contributed by atoms with Gasteiger partial charge in [-0.1, -0.05) is 6.07 Å². The van der Waals surface area contributed by atoms with Crippen LogP contribution in [0.3, 0.4) is 0 Å². The lowest BCUT2D eigenvalue weighted by Crippen LogP contribution is -2.25. The Morgan fingerprint density at radius 2 is 1.84 bits per heavy atom. The van der Waals surface area contributed by atoms with Crippen molar-refractivity contribution >= 4 is 44.6 Å². The van der Waals surface area contributed by atoms with Crippen molar-refractivity contribution in [1.29, 1.82) is 0 Å². The highest BCUT2D eigenvalue weighted by Crippen LogP contribution is 2.33. The van der Waals surface area contributed by atoms with E-state index in [0.29, 0.717) is 28.6 Å². The first-order valence-corrected chi connectivity index (χ1v) is 11.3. The molecule has 3 rings (SSSR count). The van der Waals surface area contributed by atoms with Crippen molar-refractivity contribution in [3.63, 3.8) is 0 Å². The normalized spacial score (nSPS) is 11.0. The first-order valence-electron chi connectivity index (χ1n) is 9.47. The molecule has 3 aromatic rings. The molecule has 0 aliphatic heterocycles. The summed E-state index contributed by atoms with van der Waals surface area (Å²) < 4.78 is 30.5. The third kappa shape index (κ3) is 5.06. The van der Waals surface area contributed by atoms with Crippen molar-refractivity contribution in [2.75, 3.05) is 35.4 Å². The Kier molecular flexibility index (Phi) is 6.49. The van der Waals surface area contributed by atoms with Crippen molar-refractivity contribution in [3.05, 3.63) is 59.9 Å². The fraction of sp³-hybridized carbons (Fsp3) is 0.190. The second-order valence-corrected chi connectivity index (χ2v) is 9.04. The van der Waals surface area contributed by atoms with Crippen molar-refractivity contribution in [3.8, 4) is 5.75 Å². The first-order chi connectivity index (χ1) is 15.1. The highest BCUT2D eigenvalue weighted by molar-refractivity contribution is 7.92. The summed E-state index contributed by atoms with van der Waals surface area (Å²) in [5, 5.41) is 6.10. The van der Waals surface area contributed by atoms with E-state index in [-0.39, 0.29) is 11.4 Å². The number of sulfonamides is 1. The molecular formula is C21H24N6O4S. The van der Waals surface area contributed by atoms with Gasteiger partial charge in [0.05, 0.1) is 36.6 Å². The lowest BCUT2D eigenvalue weighted by Gasteiger charge is -2.22. The van der Waals surface area contributed by atoms with E-state index in [1.54, 1.807) is 30.3 Å². The highest BCUT2D eigenvalue weighted by atomic mass is 32.2. The number of methoxy groups -OCH3 is 1. The van der Waals surface area contributed by atoms with Crippen LogP contribution >= 0.6 is 0 Å². The number of carbonyl (C=O) groups excluding carboxylic acids is 1. The van der Waals surface area contributed by atoms with E-state index in [2.05, 4.69) is 20.6 Å². The second kappa shape index (κ2) is 9.10. The van der Waals surface area contributed by atoms with Gasteiger partial charge < -0.3 is 21.1 Å². The molecule has 0 saturated carbocycles. The maximum Gasteiger partial charge on any atom is 0.254 e. The topological polar surface area (TPSA) is 140 Å². The van der Waals surface area contributed by atoms with E-state index in [4.69, 9.17) is 10.5 Å². The summed E-state index contributed by atoms with van der Waals surface area (Å²) in [5.41, 5.74) is 7.88. The van der Waals surface area contributed by atoms with Gasteiger partial charge >= 0.3 is 0 Å². The molecule has 0 radical (unpaired) electrons. The van der Waals surface area contributed by atoms with E-state index in [9.17, 15) is 13.2 Å². The SMILES string of the molecule is COc1ccc(Nc2nccc(Nc3ccc(C)cc3N(C)S(C)(=O)=O)c2C(N)=O)nc1. The number of nitrogens with one attached hydrogen (secondary N) is 2. The Hall–Kier alpha value is -3.86. The maximum absolute atomic E-state index is 12.3. The monoisotopic (exact) mass is 456 g/mol. The molecule has 0 fully saturated rings. The average molecular weight is 457 g/mol. The molecule has 10 nitrogen and oxygen atoms in total. The number of hydrogen-bond donors (Lipinski definition) is 3. The zero-order valence-corrected chi connectivity index (χ0v) is 18.9. The Bertz CT molecular complexity index is 1250. The molecule has 2 heterocycles. The fourth-order valence-electron chi connectivity index (χ4n) is 2.94.